The number of fused-ring (bicyclic) bond motifs is 1. The maximum Gasteiger partial charge on any atom is 0.228 e. The van der Waals surface area contributed by atoms with Gasteiger partial charge in [0.15, 0.2) is 0 Å². The topological polar surface area (TPSA) is 38.1 Å². The second-order valence-corrected chi connectivity index (χ2v) is 4.97. The Morgan fingerprint density at radius 1 is 1.29 bits per heavy atom. The van der Waals surface area contributed by atoms with E-state index in [9.17, 15) is 0 Å². The molecule has 2 rings (SSSR count). The Morgan fingerprint density at radius 2 is 2.07 bits per heavy atom. The summed E-state index contributed by atoms with van der Waals surface area (Å²) in [6, 6.07) is 0. The average Bonchev–Trinajstić information content (AvgIpc) is 2.36. The molecule has 0 saturated carbocycles. The largest absolute Gasteiger partial charge is 0.354 e. The number of anilines is 1. The Hall–Kier alpha value is -0.990. The Labute approximate surface area is 84.9 Å². The number of aromatic nitrogens is 1. The van der Waals surface area contributed by atoms with Gasteiger partial charge in [0.05, 0.1) is 5.69 Å². The summed E-state index contributed by atoms with van der Waals surface area (Å²) < 4.78 is 5.33. The molecule has 0 saturated heterocycles. The average molecular weight is 194 g/mol. The number of hydrogen-bond donors (Lipinski definition) is 1. The highest BCUT2D eigenvalue weighted by atomic mass is 16.5. The van der Waals surface area contributed by atoms with Crippen molar-refractivity contribution in [2.75, 3.05) is 11.9 Å². The molecule has 3 heteroatoms. The third kappa shape index (κ3) is 1.63. The fraction of sp³-hybridized carbons (Fsp3) is 0.727. The Bertz CT molecular complexity index is 323. The number of hydrogen-bond acceptors (Lipinski definition) is 3. The molecule has 3 nitrogen and oxygen atoms in total. The van der Waals surface area contributed by atoms with E-state index in [1.165, 1.54) is 18.4 Å². The highest BCUT2D eigenvalue weighted by Gasteiger charge is 2.26. The van der Waals surface area contributed by atoms with Crippen LogP contribution in [0.2, 0.25) is 0 Å². The third-order valence-corrected chi connectivity index (χ3v) is 2.64. The van der Waals surface area contributed by atoms with Gasteiger partial charge in [-0.25, -0.2) is 0 Å². The standard InChI is InChI=1S/C11H18N2O/c1-11(2,3)9-8-6-4-5-7-12-10(8)14-13-9/h12H,4-7H2,1-3H3. The lowest BCUT2D eigenvalue weighted by molar-refractivity contribution is 0.402. The van der Waals surface area contributed by atoms with E-state index in [2.05, 4.69) is 31.2 Å². The first-order chi connectivity index (χ1) is 6.59. The van der Waals surface area contributed by atoms with E-state index < -0.39 is 0 Å². The van der Waals surface area contributed by atoms with Crippen molar-refractivity contribution in [3.8, 4) is 0 Å². The van der Waals surface area contributed by atoms with Crippen LogP contribution in [0.15, 0.2) is 4.52 Å². The molecule has 14 heavy (non-hydrogen) atoms. The molecule has 2 heterocycles. The molecular weight excluding hydrogens is 176 g/mol. The van der Waals surface area contributed by atoms with Crippen molar-refractivity contribution in [3.63, 3.8) is 0 Å². The maximum absolute atomic E-state index is 5.33. The normalized spacial score (nSPS) is 17.1. The van der Waals surface area contributed by atoms with Gasteiger partial charge in [-0.05, 0) is 19.3 Å². The first-order valence-electron chi connectivity index (χ1n) is 5.32. The van der Waals surface area contributed by atoms with E-state index >= 15 is 0 Å². The lowest BCUT2D eigenvalue weighted by Crippen LogP contribution is -2.14. The minimum absolute atomic E-state index is 0.0864. The van der Waals surface area contributed by atoms with Crippen molar-refractivity contribution < 1.29 is 4.52 Å². The van der Waals surface area contributed by atoms with Crippen molar-refractivity contribution in [2.45, 2.75) is 45.4 Å². The minimum atomic E-state index is 0.0864. The zero-order valence-corrected chi connectivity index (χ0v) is 9.18. The Balaban J connectivity index is 2.39. The predicted molar refractivity (Wildman–Crippen MR) is 56.6 cm³/mol. The van der Waals surface area contributed by atoms with Gasteiger partial charge in [-0.15, -0.1) is 0 Å². The molecule has 1 aliphatic heterocycles. The highest BCUT2D eigenvalue weighted by Crippen LogP contribution is 2.32. The molecule has 1 aromatic heterocycles. The molecule has 1 aromatic rings. The number of rotatable bonds is 0. The predicted octanol–water partition coefficient (Wildman–Crippen LogP) is 2.72. The minimum Gasteiger partial charge on any atom is -0.354 e. The van der Waals surface area contributed by atoms with Crippen molar-refractivity contribution >= 4 is 5.88 Å². The molecule has 0 radical (unpaired) electrons. The van der Waals surface area contributed by atoms with Crippen LogP contribution in [-0.4, -0.2) is 11.7 Å². The van der Waals surface area contributed by atoms with E-state index in [1.807, 2.05) is 0 Å². The number of nitrogens with one attached hydrogen (secondary N) is 1. The summed E-state index contributed by atoms with van der Waals surface area (Å²) >= 11 is 0. The van der Waals surface area contributed by atoms with Crippen LogP contribution in [0.4, 0.5) is 5.88 Å². The van der Waals surface area contributed by atoms with E-state index in [0.29, 0.717) is 0 Å². The summed E-state index contributed by atoms with van der Waals surface area (Å²) in [5, 5.41) is 7.46. The van der Waals surface area contributed by atoms with Crippen LogP contribution in [0.25, 0.3) is 0 Å². The molecule has 0 aromatic carbocycles. The van der Waals surface area contributed by atoms with Crippen LogP contribution in [0, 0.1) is 0 Å². The number of nitrogens with zero attached hydrogens (tertiary/aromatic N) is 1. The zero-order valence-electron chi connectivity index (χ0n) is 9.18. The maximum atomic E-state index is 5.33. The smallest absolute Gasteiger partial charge is 0.228 e. The molecule has 0 unspecified atom stereocenters. The second kappa shape index (κ2) is 3.30. The summed E-state index contributed by atoms with van der Waals surface area (Å²) in [4.78, 5) is 0. The highest BCUT2D eigenvalue weighted by molar-refractivity contribution is 5.46. The molecule has 0 aliphatic carbocycles. The lowest BCUT2D eigenvalue weighted by Gasteiger charge is -2.15. The molecular formula is C11H18N2O. The van der Waals surface area contributed by atoms with Gasteiger partial charge in [-0.2, -0.15) is 0 Å². The molecule has 1 aliphatic rings. The van der Waals surface area contributed by atoms with Gasteiger partial charge < -0.3 is 9.84 Å². The fourth-order valence-electron chi connectivity index (χ4n) is 1.90. The van der Waals surface area contributed by atoms with E-state index in [4.69, 9.17) is 4.52 Å². The van der Waals surface area contributed by atoms with Crippen LogP contribution in [0.1, 0.15) is 44.9 Å². The summed E-state index contributed by atoms with van der Waals surface area (Å²) in [6.45, 7) is 7.54. The van der Waals surface area contributed by atoms with Gasteiger partial charge in [0.25, 0.3) is 0 Å². The summed E-state index contributed by atoms with van der Waals surface area (Å²) in [5.41, 5.74) is 2.49. The fourth-order valence-corrected chi connectivity index (χ4v) is 1.90. The third-order valence-electron chi connectivity index (χ3n) is 2.64. The Kier molecular flexibility index (Phi) is 2.25. The van der Waals surface area contributed by atoms with Gasteiger partial charge in [-0.3, -0.25) is 0 Å². The van der Waals surface area contributed by atoms with E-state index in [1.54, 1.807) is 0 Å². The molecule has 0 amide bonds. The van der Waals surface area contributed by atoms with Crippen molar-refractivity contribution in [1.82, 2.24) is 5.16 Å². The van der Waals surface area contributed by atoms with Crippen LogP contribution in [0.5, 0.6) is 0 Å². The first-order valence-corrected chi connectivity index (χ1v) is 5.32. The molecule has 0 fully saturated rings. The summed E-state index contributed by atoms with van der Waals surface area (Å²) in [6.07, 6.45) is 3.54. The molecule has 78 valence electrons. The van der Waals surface area contributed by atoms with Gasteiger partial charge in [0.2, 0.25) is 5.88 Å². The van der Waals surface area contributed by atoms with Gasteiger partial charge in [0.1, 0.15) is 0 Å². The Morgan fingerprint density at radius 3 is 2.79 bits per heavy atom. The first kappa shape index (κ1) is 9.56. The summed E-state index contributed by atoms with van der Waals surface area (Å²) in [5.74, 6) is 0.896. The van der Waals surface area contributed by atoms with E-state index in [0.717, 1.165) is 24.5 Å². The SMILES string of the molecule is CC(C)(C)c1noc2c1CCCCN2. The monoisotopic (exact) mass is 194 g/mol. The molecule has 1 N–H and O–H groups in total. The van der Waals surface area contributed by atoms with E-state index in [-0.39, 0.29) is 5.41 Å². The van der Waals surface area contributed by atoms with Gasteiger partial charge >= 0.3 is 0 Å². The van der Waals surface area contributed by atoms with Gasteiger partial charge in [-0.1, -0.05) is 25.9 Å². The van der Waals surface area contributed by atoms with Gasteiger partial charge in [0, 0.05) is 17.5 Å². The van der Waals surface area contributed by atoms with Crippen molar-refractivity contribution in [2.24, 2.45) is 0 Å². The van der Waals surface area contributed by atoms with Crippen molar-refractivity contribution in [3.05, 3.63) is 11.3 Å². The quantitative estimate of drug-likeness (QED) is 0.690. The second-order valence-electron chi connectivity index (χ2n) is 4.97. The zero-order chi connectivity index (χ0) is 10.2. The lowest BCUT2D eigenvalue weighted by atomic mass is 9.88. The molecule has 0 spiro atoms. The molecule has 0 bridgehead atoms. The van der Waals surface area contributed by atoms with Crippen LogP contribution >= 0.6 is 0 Å². The van der Waals surface area contributed by atoms with Crippen LogP contribution < -0.4 is 5.32 Å². The van der Waals surface area contributed by atoms with Crippen LogP contribution in [0.3, 0.4) is 0 Å². The van der Waals surface area contributed by atoms with Crippen molar-refractivity contribution in [1.29, 1.82) is 0 Å². The van der Waals surface area contributed by atoms with Crippen LogP contribution in [-0.2, 0) is 11.8 Å². The molecule has 0 atom stereocenters. The summed E-state index contributed by atoms with van der Waals surface area (Å²) in [7, 11) is 0.